The lowest BCUT2D eigenvalue weighted by molar-refractivity contribution is -0.112. The molecule has 9 heteroatoms. The molecule has 0 aliphatic carbocycles. The molecule has 0 unspecified atom stereocenters. The first-order valence-electron chi connectivity index (χ1n) is 9.34. The number of carbonyl (C=O) groups is 2. The molecule has 0 heterocycles. The summed E-state index contributed by atoms with van der Waals surface area (Å²) >= 11 is 17.8. The van der Waals surface area contributed by atoms with Crippen molar-refractivity contribution in [1.29, 1.82) is 5.26 Å². The van der Waals surface area contributed by atoms with Crippen LogP contribution in [0, 0.1) is 11.3 Å². The number of hydrogen-bond donors (Lipinski definition) is 1. The van der Waals surface area contributed by atoms with Crippen molar-refractivity contribution in [3.63, 3.8) is 0 Å². The molecule has 3 aromatic rings. The number of anilines is 1. The zero-order chi connectivity index (χ0) is 24.0. The predicted molar refractivity (Wildman–Crippen MR) is 128 cm³/mol. The molecule has 0 aliphatic heterocycles. The lowest BCUT2D eigenvalue weighted by Gasteiger charge is -2.10. The van der Waals surface area contributed by atoms with Gasteiger partial charge in [-0.05, 0) is 66.2 Å². The van der Waals surface area contributed by atoms with Crippen LogP contribution < -0.4 is 14.8 Å². The van der Waals surface area contributed by atoms with Crippen molar-refractivity contribution >= 4 is 58.4 Å². The molecular formula is C24H15Cl3N2O4. The molecule has 0 fully saturated rings. The maximum atomic E-state index is 12.5. The number of nitrogens with zero attached hydrogens (tertiary/aromatic N) is 1. The van der Waals surface area contributed by atoms with Crippen LogP contribution in [0.5, 0.6) is 11.5 Å². The summed E-state index contributed by atoms with van der Waals surface area (Å²) in [6.07, 6.45) is 1.36. The molecule has 6 nitrogen and oxygen atoms in total. The summed E-state index contributed by atoms with van der Waals surface area (Å²) in [6.45, 7) is 0. The van der Waals surface area contributed by atoms with Crippen molar-refractivity contribution in [2.45, 2.75) is 0 Å². The van der Waals surface area contributed by atoms with Crippen LogP contribution in [0.1, 0.15) is 15.9 Å². The van der Waals surface area contributed by atoms with Gasteiger partial charge >= 0.3 is 5.97 Å². The van der Waals surface area contributed by atoms with Crippen LogP contribution in [0.3, 0.4) is 0 Å². The molecule has 33 heavy (non-hydrogen) atoms. The number of benzene rings is 3. The van der Waals surface area contributed by atoms with Gasteiger partial charge in [0.25, 0.3) is 5.91 Å². The molecule has 0 bridgehead atoms. The Hall–Kier alpha value is -3.50. The summed E-state index contributed by atoms with van der Waals surface area (Å²) in [5.41, 5.74) is 0.881. The van der Waals surface area contributed by atoms with E-state index in [-0.39, 0.29) is 27.8 Å². The Morgan fingerprint density at radius 3 is 2.30 bits per heavy atom. The Morgan fingerprint density at radius 1 is 0.939 bits per heavy atom. The van der Waals surface area contributed by atoms with Gasteiger partial charge < -0.3 is 14.8 Å². The van der Waals surface area contributed by atoms with E-state index in [2.05, 4.69) is 5.32 Å². The molecule has 0 saturated carbocycles. The number of nitriles is 1. The highest BCUT2D eigenvalue weighted by molar-refractivity contribution is 6.36. The van der Waals surface area contributed by atoms with E-state index < -0.39 is 11.9 Å². The summed E-state index contributed by atoms with van der Waals surface area (Å²) in [7, 11) is 1.40. The highest BCUT2D eigenvalue weighted by Crippen LogP contribution is 2.30. The molecule has 0 atom stereocenters. The zero-order valence-corrected chi connectivity index (χ0v) is 19.3. The van der Waals surface area contributed by atoms with Gasteiger partial charge in [0, 0.05) is 10.0 Å². The third-order valence-electron chi connectivity index (χ3n) is 4.32. The first kappa shape index (κ1) is 24.1. The summed E-state index contributed by atoms with van der Waals surface area (Å²) < 4.78 is 10.7. The van der Waals surface area contributed by atoms with Gasteiger partial charge in [0.1, 0.15) is 11.6 Å². The summed E-state index contributed by atoms with van der Waals surface area (Å²) in [5, 5.41) is 13.2. The van der Waals surface area contributed by atoms with Crippen LogP contribution in [0.25, 0.3) is 6.08 Å². The average Bonchev–Trinajstić information content (AvgIpc) is 2.80. The number of carbonyl (C=O) groups excluding carboxylic acids is 2. The zero-order valence-electron chi connectivity index (χ0n) is 17.1. The van der Waals surface area contributed by atoms with Gasteiger partial charge in [-0.3, -0.25) is 4.79 Å². The largest absolute Gasteiger partial charge is 0.493 e. The Balaban J connectivity index is 1.81. The van der Waals surface area contributed by atoms with E-state index in [1.807, 2.05) is 6.07 Å². The Labute approximate surface area is 204 Å². The Morgan fingerprint density at radius 2 is 1.64 bits per heavy atom. The fraction of sp³-hybridized carbons (Fsp3) is 0.0417. The monoisotopic (exact) mass is 500 g/mol. The van der Waals surface area contributed by atoms with E-state index in [0.29, 0.717) is 21.2 Å². The van der Waals surface area contributed by atoms with E-state index in [0.717, 1.165) is 0 Å². The number of esters is 1. The SMILES string of the molecule is COc1cc(/C=C(\C#N)C(=O)Nc2cc(Cl)ccc2Cl)ccc1OC(=O)c1ccc(Cl)cc1. The Kier molecular flexibility index (Phi) is 7.96. The summed E-state index contributed by atoms with van der Waals surface area (Å²) in [5.74, 6) is -0.854. The van der Waals surface area contributed by atoms with Crippen molar-refractivity contribution in [3.05, 3.63) is 92.4 Å². The van der Waals surface area contributed by atoms with Crippen molar-refractivity contribution in [3.8, 4) is 17.6 Å². The fourth-order valence-corrected chi connectivity index (χ4v) is 3.16. The Bertz CT molecular complexity index is 1280. The van der Waals surface area contributed by atoms with Crippen molar-refractivity contribution in [2.24, 2.45) is 0 Å². The van der Waals surface area contributed by atoms with Crippen molar-refractivity contribution in [1.82, 2.24) is 0 Å². The molecule has 0 saturated heterocycles. The van der Waals surface area contributed by atoms with E-state index in [4.69, 9.17) is 44.3 Å². The number of halogens is 3. The molecule has 3 rings (SSSR count). The summed E-state index contributed by atoms with van der Waals surface area (Å²) in [4.78, 5) is 24.9. The number of rotatable bonds is 6. The van der Waals surface area contributed by atoms with E-state index in [9.17, 15) is 14.9 Å². The van der Waals surface area contributed by atoms with Crippen LogP contribution in [0.4, 0.5) is 5.69 Å². The molecule has 1 N–H and O–H groups in total. The van der Waals surface area contributed by atoms with Crippen LogP contribution in [0.2, 0.25) is 15.1 Å². The first-order chi connectivity index (χ1) is 15.8. The number of ether oxygens (including phenoxy) is 2. The lowest BCUT2D eigenvalue weighted by Crippen LogP contribution is -2.13. The van der Waals surface area contributed by atoms with Gasteiger partial charge in [0.05, 0.1) is 23.4 Å². The van der Waals surface area contributed by atoms with Crippen LogP contribution >= 0.6 is 34.8 Å². The minimum Gasteiger partial charge on any atom is -0.493 e. The number of methoxy groups -OCH3 is 1. The summed E-state index contributed by atoms with van der Waals surface area (Å²) in [6, 6.07) is 17.3. The van der Waals surface area contributed by atoms with Gasteiger partial charge in [-0.25, -0.2) is 4.79 Å². The molecular weight excluding hydrogens is 487 g/mol. The number of nitrogens with one attached hydrogen (secondary N) is 1. The van der Waals surface area contributed by atoms with Gasteiger partial charge in [0.2, 0.25) is 0 Å². The molecule has 0 aliphatic rings. The second-order valence-corrected chi connectivity index (χ2v) is 7.83. The fourth-order valence-electron chi connectivity index (χ4n) is 2.70. The molecule has 166 valence electrons. The second kappa shape index (κ2) is 10.9. The molecule has 0 aromatic heterocycles. The van der Waals surface area contributed by atoms with E-state index in [1.165, 1.54) is 49.6 Å². The van der Waals surface area contributed by atoms with Crippen LogP contribution in [-0.2, 0) is 4.79 Å². The minimum atomic E-state index is -0.668. The molecule has 1 amide bonds. The van der Waals surface area contributed by atoms with Gasteiger partial charge in [-0.1, -0.05) is 40.9 Å². The van der Waals surface area contributed by atoms with Crippen LogP contribution in [0.15, 0.2) is 66.2 Å². The molecule has 0 radical (unpaired) electrons. The topological polar surface area (TPSA) is 88.4 Å². The smallest absolute Gasteiger partial charge is 0.343 e. The lowest BCUT2D eigenvalue weighted by atomic mass is 10.1. The average molecular weight is 502 g/mol. The van der Waals surface area contributed by atoms with Gasteiger partial charge in [-0.15, -0.1) is 0 Å². The number of amides is 1. The van der Waals surface area contributed by atoms with E-state index in [1.54, 1.807) is 24.3 Å². The maximum absolute atomic E-state index is 12.5. The van der Waals surface area contributed by atoms with Gasteiger partial charge in [-0.2, -0.15) is 5.26 Å². The van der Waals surface area contributed by atoms with E-state index >= 15 is 0 Å². The standard InChI is InChI=1S/C24H15Cl3N2O4/c1-32-22-11-14(2-9-21(22)33-24(31)15-3-5-17(25)6-4-15)10-16(13-28)23(30)29-20-12-18(26)7-8-19(20)27/h2-12H,1H3,(H,29,30)/b16-10+. The predicted octanol–water partition coefficient (Wildman–Crippen LogP) is 6.42. The van der Waals surface area contributed by atoms with Crippen LogP contribution in [-0.4, -0.2) is 19.0 Å². The highest BCUT2D eigenvalue weighted by atomic mass is 35.5. The van der Waals surface area contributed by atoms with Crippen molar-refractivity contribution in [2.75, 3.05) is 12.4 Å². The molecule has 3 aromatic carbocycles. The molecule has 0 spiro atoms. The van der Waals surface area contributed by atoms with Gasteiger partial charge in [0.15, 0.2) is 11.5 Å². The third-order valence-corrected chi connectivity index (χ3v) is 5.14. The van der Waals surface area contributed by atoms with Crippen molar-refractivity contribution < 1.29 is 19.1 Å². The normalized spacial score (nSPS) is 10.8. The first-order valence-corrected chi connectivity index (χ1v) is 10.5. The highest BCUT2D eigenvalue weighted by Gasteiger charge is 2.15. The quantitative estimate of drug-likeness (QED) is 0.182. The minimum absolute atomic E-state index is 0.170. The number of hydrogen-bond acceptors (Lipinski definition) is 5. The maximum Gasteiger partial charge on any atom is 0.343 e. The third kappa shape index (κ3) is 6.27. The second-order valence-electron chi connectivity index (χ2n) is 6.55.